The van der Waals surface area contributed by atoms with Gasteiger partial charge in [0.1, 0.15) is 5.60 Å². The molecule has 0 aromatic rings. The van der Waals surface area contributed by atoms with Crippen LogP contribution in [0.5, 0.6) is 0 Å². The molecule has 0 radical (unpaired) electrons. The third-order valence-corrected chi connectivity index (χ3v) is 2.04. The largest absolute Gasteiger partial charge is 0.459 e. The fourth-order valence-corrected chi connectivity index (χ4v) is 1.32. The zero-order chi connectivity index (χ0) is 16.0. The van der Waals surface area contributed by atoms with Crippen molar-refractivity contribution in [2.24, 2.45) is 16.1 Å². The van der Waals surface area contributed by atoms with Gasteiger partial charge in [-0.15, -0.1) is 0 Å². The topological polar surface area (TPSA) is 141 Å². The van der Waals surface area contributed by atoms with Gasteiger partial charge in [-0.25, -0.2) is 0 Å². The highest BCUT2D eigenvalue weighted by Crippen LogP contribution is 2.25. The minimum Gasteiger partial charge on any atom is -0.459 e. The summed E-state index contributed by atoms with van der Waals surface area (Å²) in [6.45, 7) is 8.21. The van der Waals surface area contributed by atoms with E-state index in [-0.39, 0.29) is 12.3 Å². The van der Waals surface area contributed by atoms with E-state index in [4.69, 9.17) is 15.8 Å². The molecular formula is C11H18N6O3. The minimum atomic E-state index is -2.53. The van der Waals surface area contributed by atoms with Crippen molar-refractivity contribution < 1.29 is 14.3 Å². The Kier molecular flexibility index (Phi) is 6.03. The van der Waals surface area contributed by atoms with E-state index < -0.39 is 23.0 Å². The third-order valence-electron chi connectivity index (χ3n) is 2.04. The Bertz CT molecular complexity index is 463. The number of esters is 1. The molecule has 110 valence electrons. The maximum absolute atomic E-state index is 12.2. The van der Waals surface area contributed by atoms with E-state index in [1.165, 1.54) is 0 Å². The van der Waals surface area contributed by atoms with Crippen molar-refractivity contribution in [3.05, 3.63) is 20.9 Å². The number of nitrogens with zero attached hydrogens (tertiary/aromatic N) is 6. The average Bonchev–Trinajstić information content (AvgIpc) is 2.24. The minimum absolute atomic E-state index is 0.0860. The molecule has 0 saturated heterocycles. The van der Waals surface area contributed by atoms with Crippen LogP contribution >= 0.6 is 0 Å². The normalized spacial score (nSPS) is 13.7. The first kappa shape index (κ1) is 17.8. The van der Waals surface area contributed by atoms with Crippen LogP contribution in [0.1, 0.15) is 41.0 Å². The molecule has 0 aliphatic rings. The maximum atomic E-state index is 12.2. The maximum Gasteiger partial charge on any atom is 0.332 e. The lowest BCUT2D eigenvalue weighted by Crippen LogP contribution is -2.46. The molecule has 0 heterocycles. The smallest absolute Gasteiger partial charge is 0.332 e. The van der Waals surface area contributed by atoms with Crippen LogP contribution in [0.4, 0.5) is 0 Å². The molecule has 0 aliphatic heterocycles. The van der Waals surface area contributed by atoms with Crippen LogP contribution in [0.25, 0.3) is 20.9 Å². The molecule has 0 spiro atoms. The Hall–Kier alpha value is -2.24. The van der Waals surface area contributed by atoms with Gasteiger partial charge >= 0.3 is 5.97 Å². The van der Waals surface area contributed by atoms with Crippen LogP contribution in [-0.4, -0.2) is 23.0 Å². The zero-order valence-electron chi connectivity index (χ0n) is 12.2. The van der Waals surface area contributed by atoms with Gasteiger partial charge in [0.05, 0.1) is 0 Å². The predicted molar refractivity (Wildman–Crippen MR) is 71.3 cm³/mol. The summed E-state index contributed by atoms with van der Waals surface area (Å²) in [4.78, 5) is 29.2. The van der Waals surface area contributed by atoms with Crippen molar-refractivity contribution in [2.45, 2.75) is 52.3 Å². The van der Waals surface area contributed by atoms with Crippen LogP contribution in [0.15, 0.2) is 10.2 Å². The lowest BCUT2D eigenvalue weighted by molar-refractivity contribution is -0.163. The molecule has 0 rings (SSSR count). The molecule has 0 unspecified atom stereocenters. The average molecular weight is 282 g/mol. The summed E-state index contributed by atoms with van der Waals surface area (Å²) in [6, 6.07) is 0. The number of carbonyl (C=O) groups excluding carboxylic acids is 2. The molecule has 0 atom stereocenters. The van der Waals surface area contributed by atoms with E-state index in [9.17, 15) is 9.59 Å². The van der Waals surface area contributed by atoms with Gasteiger partial charge in [0.2, 0.25) is 0 Å². The second-order valence-corrected chi connectivity index (χ2v) is 5.57. The first-order valence-electron chi connectivity index (χ1n) is 5.98. The molecule has 9 heteroatoms. The van der Waals surface area contributed by atoms with E-state index in [0.717, 1.165) is 0 Å². The summed E-state index contributed by atoms with van der Waals surface area (Å²) in [6.07, 6.45) is -0.0860. The summed E-state index contributed by atoms with van der Waals surface area (Å²) in [7, 11) is 0. The van der Waals surface area contributed by atoms with Crippen molar-refractivity contribution in [2.75, 3.05) is 0 Å². The molecule has 0 aromatic heterocycles. The summed E-state index contributed by atoms with van der Waals surface area (Å²) in [5.74, 6) is -2.07. The number of ketones is 1. The molecule has 0 amide bonds. The Balaban J connectivity index is 5.78. The van der Waals surface area contributed by atoms with Crippen LogP contribution in [0.2, 0.25) is 0 Å². The zero-order valence-corrected chi connectivity index (χ0v) is 12.2. The van der Waals surface area contributed by atoms with Gasteiger partial charge in [-0.3, -0.25) is 9.59 Å². The van der Waals surface area contributed by atoms with Gasteiger partial charge < -0.3 is 4.74 Å². The van der Waals surface area contributed by atoms with Gasteiger partial charge in [0, 0.05) is 16.2 Å². The number of carbonyl (C=O) groups is 2. The molecule has 20 heavy (non-hydrogen) atoms. The number of rotatable bonds is 6. The highest BCUT2D eigenvalue weighted by atomic mass is 16.6. The highest BCUT2D eigenvalue weighted by Gasteiger charge is 2.47. The Labute approximate surface area is 116 Å². The van der Waals surface area contributed by atoms with E-state index in [2.05, 4.69) is 20.1 Å². The summed E-state index contributed by atoms with van der Waals surface area (Å²) in [5, 5.41) is 6.24. The number of ether oxygens (including phenoxy) is 1. The summed E-state index contributed by atoms with van der Waals surface area (Å²) in [5.41, 5.74) is 13.7. The van der Waals surface area contributed by atoms with Gasteiger partial charge in [-0.05, 0) is 37.8 Å². The van der Waals surface area contributed by atoms with Crippen molar-refractivity contribution in [1.29, 1.82) is 0 Å². The van der Waals surface area contributed by atoms with Crippen molar-refractivity contribution in [3.63, 3.8) is 0 Å². The lowest BCUT2D eigenvalue weighted by atomic mass is 9.97. The fourth-order valence-electron chi connectivity index (χ4n) is 1.32. The van der Waals surface area contributed by atoms with E-state index >= 15 is 0 Å². The van der Waals surface area contributed by atoms with E-state index in [1.54, 1.807) is 34.6 Å². The van der Waals surface area contributed by atoms with Crippen molar-refractivity contribution >= 4 is 11.8 Å². The first-order valence-corrected chi connectivity index (χ1v) is 5.98. The van der Waals surface area contributed by atoms with Crippen molar-refractivity contribution in [3.8, 4) is 0 Å². The van der Waals surface area contributed by atoms with Gasteiger partial charge in [-0.2, -0.15) is 0 Å². The first-order chi connectivity index (χ1) is 9.09. The second kappa shape index (κ2) is 6.79. The van der Waals surface area contributed by atoms with Gasteiger partial charge in [0.15, 0.2) is 5.78 Å². The Morgan fingerprint density at radius 3 is 1.90 bits per heavy atom. The number of hydrogen-bond acceptors (Lipinski definition) is 5. The van der Waals surface area contributed by atoms with Crippen LogP contribution < -0.4 is 0 Å². The quantitative estimate of drug-likeness (QED) is 0.242. The molecule has 0 N–H and O–H groups in total. The van der Waals surface area contributed by atoms with E-state index in [0.29, 0.717) is 0 Å². The lowest BCUT2D eigenvalue weighted by Gasteiger charge is -2.26. The molecule has 9 nitrogen and oxygen atoms in total. The molecule has 0 saturated carbocycles. The molecular weight excluding hydrogens is 264 g/mol. The standard InChI is InChI=1S/C11H18N6O3/c1-7(2)6-8(18)11(14-16-12,15-17-13)9(19)20-10(3,4)5/h7H,6H2,1-5H3. The van der Waals surface area contributed by atoms with Gasteiger partial charge in [0.25, 0.3) is 5.66 Å². The molecule has 0 aliphatic carbocycles. The van der Waals surface area contributed by atoms with E-state index in [1.807, 2.05) is 0 Å². The summed E-state index contributed by atoms with van der Waals surface area (Å²) >= 11 is 0. The second-order valence-electron chi connectivity index (χ2n) is 5.57. The van der Waals surface area contributed by atoms with Gasteiger partial charge in [-0.1, -0.05) is 24.1 Å². The third kappa shape index (κ3) is 4.79. The van der Waals surface area contributed by atoms with Crippen LogP contribution in [0, 0.1) is 5.92 Å². The fraction of sp³-hybridized carbons (Fsp3) is 0.818. The molecule has 0 bridgehead atoms. The number of Topliss-reactive ketones (excluding diaryl/α,β-unsaturated/α-hetero) is 1. The number of hydrogen-bond donors (Lipinski definition) is 0. The number of azide groups is 1. The Morgan fingerprint density at radius 1 is 1.15 bits per heavy atom. The van der Waals surface area contributed by atoms with Crippen molar-refractivity contribution in [1.82, 2.24) is 0 Å². The molecule has 0 aromatic carbocycles. The van der Waals surface area contributed by atoms with Crippen LogP contribution in [0.3, 0.4) is 0 Å². The predicted octanol–water partition coefficient (Wildman–Crippen LogP) is 3.26. The monoisotopic (exact) mass is 282 g/mol. The highest BCUT2D eigenvalue weighted by molar-refractivity contribution is 6.08. The SMILES string of the molecule is CC(C)CC(=O)C(N=[N+]=[N-])(N=[N+]=[N-])C(=O)OC(C)(C)C. The van der Waals surface area contributed by atoms with Crippen LogP contribution in [-0.2, 0) is 14.3 Å². The summed E-state index contributed by atoms with van der Waals surface area (Å²) < 4.78 is 5.02. The Morgan fingerprint density at radius 2 is 1.60 bits per heavy atom. The molecule has 0 fully saturated rings.